The fourth-order valence-electron chi connectivity index (χ4n) is 3.52. The van der Waals surface area contributed by atoms with E-state index in [4.69, 9.17) is 0 Å². The number of benzene rings is 3. The number of aromatic amines is 1. The van der Waals surface area contributed by atoms with Crippen LogP contribution in [-0.2, 0) is 22.8 Å². The molecule has 4 rings (SSSR count). The minimum absolute atomic E-state index is 0.253. The predicted molar refractivity (Wildman–Crippen MR) is 120 cm³/mol. The monoisotopic (exact) mass is 417 g/mol. The summed E-state index contributed by atoms with van der Waals surface area (Å²) in [7, 11) is -3.70. The molecule has 0 amide bonds. The number of anilines is 1. The lowest BCUT2D eigenvalue weighted by molar-refractivity contribution is -0.347. The van der Waals surface area contributed by atoms with E-state index < -0.39 is 9.84 Å². The van der Waals surface area contributed by atoms with Crippen LogP contribution < -0.4 is 10.3 Å². The summed E-state index contributed by atoms with van der Waals surface area (Å²) in [5, 5.41) is 4.29. The van der Waals surface area contributed by atoms with Crippen LogP contribution in [0.2, 0.25) is 0 Å². The van der Waals surface area contributed by atoms with E-state index in [1.807, 2.05) is 55.5 Å². The zero-order valence-corrected chi connectivity index (χ0v) is 18.0. The van der Waals surface area contributed by atoms with Gasteiger partial charge in [0.25, 0.3) is 0 Å². The summed E-state index contributed by atoms with van der Waals surface area (Å²) in [6, 6.07) is 23.1. The first-order valence-corrected chi connectivity index (χ1v) is 11.5. The van der Waals surface area contributed by atoms with E-state index in [1.54, 1.807) is 18.3 Å². The molecule has 0 saturated heterocycles. The maximum atomic E-state index is 13.5. The van der Waals surface area contributed by atoms with Crippen LogP contribution in [0.3, 0.4) is 0 Å². The van der Waals surface area contributed by atoms with Gasteiger partial charge in [-0.25, -0.2) is 13.4 Å². The Balaban J connectivity index is 1.88. The van der Waals surface area contributed by atoms with Gasteiger partial charge in [0.2, 0.25) is 15.4 Å². The second-order valence-corrected chi connectivity index (χ2v) is 9.34. The molecule has 0 aliphatic heterocycles. The Morgan fingerprint density at radius 2 is 1.63 bits per heavy atom. The third kappa shape index (κ3) is 3.94. The number of fused-ring (bicyclic) bond motifs is 1. The highest BCUT2D eigenvalue weighted by Gasteiger charge is 2.26. The largest absolute Gasteiger partial charge is 0.379 e. The second-order valence-electron chi connectivity index (χ2n) is 7.42. The average Bonchev–Trinajstić information content (AvgIpc) is 2.77. The lowest BCUT2D eigenvalue weighted by Crippen LogP contribution is -2.15. The van der Waals surface area contributed by atoms with Crippen molar-refractivity contribution < 1.29 is 13.4 Å². The minimum Gasteiger partial charge on any atom is -0.379 e. The highest BCUT2D eigenvalue weighted by atomic mass is 32.2. The molecule has 0 fully saturated rings. The Hall–Kier alpha value is -3.18. The van der Waals surface area contributed by atoms with E-state index in [9.17, 15) is 8.42 Å². The van der Waals surface area contributed by atoms with Crippen LogP contribution in [0, 0.1) is 6.92 Å². The first-order chi connectivity index (χ1) is 14.5. The number of nitrogens with one attached hydrogen (secondary N) is 2. The van der Waals surface area contributed by atoms with Gasteiger partial charge < -0.3 is 5.32 Å². The fourth-order valence-corrected chi connectivity index (χ4v) is 4.93. The SMILES string of the molecule is CCc1ccc2[nH+]cc(S(=O)(=O)c3ccc(C)cc3)c(NCc3ccccc3)c2c1. The third-order valence-electron chi connectivity index (χ3n) is 5.30. The Kier molecular flexibility index (Phi) is 5.55. The van der Waals surface area contributed by atoms with Gasteiger partial charge in [0.05, 0.1) is 16.0 Å². The van der Waals surface area contributed by atoms with Crippen molar-refractivity contribution in [1.82, 2.24) is 0 Å². The van der Waals surface area contributed by atoms with Gasteiger partial charge in [-0.05, 0) is 42.7 Å². The molecule has 0 bridgehead atoms. The summed E-state index contributed by atoms with van der Waals surface area (Å²) in [5.41, 5.74) is 4.79. The van der Waals surface area contributed by atoms with Crippen LogP contribution in [0.1, 0.15) is 23.6 Å². The van der Waals surface area contributed by atoms with Gasteiger partial charge in [0.15, 0.2) is 11.1 Å². The number of aromatic nitrogens is 1. The number of hydrogen-bond donors (Lipinski definition) is 1. The molecule has 0 aliphatic carbocycles. The molecular weight excluding hydrogens is 392 g/mol. The maximum absolute atomic E-state index is 13.5. The Bertz CT molecular complexity index is 1280. The molecule has 0 radical (unpaired) electrons. The van der Waals surface area contributed by atoms with E-state index in [0.29, 0.717) is 12.2 Å². The van der Waals surface area contributed by atoms with E-state index in [2.05, 4.69) is 29.4 Å². The van der Waals surface area contributed by atoms with Crippen molar-refractivity contribution >= 4 is 26.4 Å². The summed E-state index contributed by atoms with van der Waals surface area (Å²) in [5.74, 6) is 0. The van der Waals surface area contributed by atoms with E-state index in [-0.39, 0.29) is 9.79 Å². The van der Waals surface area contributed by atoms with Crippen molar-refractivity contribution in [2.75, 3.05) is 5.32 Å². The van der Waals surface area contributed by atoms with Gasteiger partial charge in [-0.15, -0.1) is 0 Å². The Labute approximate surface area is 177 Å². The lowest BCUT2D eigenvalue weighted by Gasteiger charge is -2.14. The molecule has 3 aromatic carbocycles. The quantitative estimate of drug-likeness (QED) is 0.482. The molecule has 2 N–H and O–H groups in total. The first-order valence-electron chi connectivity index (χ1n) is 10.1. The van der Waals surface area contributed by atoms with Crippen molar-refractivity contribution in [3.8, 4) is 0 Å². The van der Waals surface area contributed by atoms with Crippen LogP contribution in [0.5, 0.6) is 0 Å². The summed E-state index contributed by atoms with van der Waals surface area (Å²) in [4.78, 5) is 3.72. The summed E-state index contributed by atoms with van der Waals surface area (Å²) in [6.45, 7) is 4.57. The smallest absolute Gasteiger partial charge is 0.214 e. The van der Waals surface area contributed by atoms with E-state index >= 15 is 0 Å². The summed E-state index contributed by atoms with van der Waals surface area (Å²) < 4.78 is 27.0. The number of aryl methyl sites for hydroxylation is 2. The number of hydrogen-bond acceptors (Lipinski definition) is 3. The molecule has 0 atom stereocenters. The molecule has 4 aromatic rings. The fraction of sp³-hybridized carbons (Fsp3) is 0.160. The van der Waals surface area contributed by atoms with Crippen molar-refractivity contribution in [3.05, 3.63) is 95.7 Å². The topological polar surface area (TPSA) is 60.3 Å². The molecule has 1 heterocycles. The van der Waals surface area contributed by atoms with Crippen molar-refractivity contribution in [2.24, 2.45) is 0 Å². The second kappa shape index (κ2) is 8.28. The van der Waals surface area contributed by atoms with E-state index in [0.717, 1.165) is 34.0 Å². The number of H-pyrrole nitrogens is 1. The number of sulfone groups is 1. The van der Waals surface area contributed by atoms with Crippen molar-refractivity contribution in [2.45, 2.75) is 36.6 Å². The predicted octanol–water partition coefficient (Wildman–Crippen LogP) is 4.97. The summed E-state index contributed by atoms with van der Waals surface area (Å²) >= 11 is 0. The Morgan fingerprint density at radius 1 is 0.900 bits per heavy atom. The minimum atomic E-state index is -3.70. The first kappa shape index (κ1) is 20.1. The van der Waals surface area contributed by atoms with E-state index in [1.165, 1.54) is 0 Å². The Morgan fingerprint density at radius 3 is 2.33 bits per heavy atom. The molecule has 4 nitrogen and oxygen atoms in total. The highest BCUT2D eigenvalue weighted by Crippen LogP contribution is 2.33. The summed E-state index contributed by atoms with van der Waals surface area (Å²) in [6.07, 6.45) is 2.47. The van der Waals surface area contributed by atoms with Gasteiger partial charge in [0, 0.05) is 12.6 Å². The van der Waals surface area contributed by atoms with Gasteiger partial charge in [-0.3, -0.25) is 0 Å². The van der Waals surface area contributed by atoms with Gasteiger partial charge >= 0.3 is 0 Å². The molecule has 1 aromatic heterocycles. The molecule has 0 unspecified atom stereocenters. The average molecular weight is 418 g/mol. The molecular formula is C25H25N2O2S+. The van der Waals surface area contributed by atoms with Crippen LogP contribution in [0.15, 0.2) is 88.8 Å². The molecule has 0 aliphatic rings. The number of rotatable bonds is 6. The van der Waals surface area contributed by atoms with Crippen LogP contribution in [-0.4, -0.2) is 8.42 Å². The van der Waals surface area contributed by atoms with Crippen LogP contribution in [0.25, 0.3) is 10.9 Å². The van der Waals surface area contributed by atoms with Crippen molar-refractivity contribution in [3.63, 3.8) is 0 Å². The number of pyridine rings is 1. The molecule has 30 heavy (non-hydrogen) atoms. The van der Waals surface area contributed by atoms with Gasteiger partial charge in [-0.2, -0.15) is 0 Å². The zero-order chi connectivity index (χ0) is 21.1. The standard InChI is InChI=1S/C25H24N2O2S/c1-3-19-11-14-23-22(15-19)25(27-16-20-7-5-4-6-8-20)24(17-26-23)30(28,29)21-12-9-18(2)10-13-21/h4-15,17H,3,16H2,1-2H3,(H,26,27)/p+1. The third-order valence-corrected chi connectivity index (χ3v) is 7.09. The van der Waals surface area contributed by atoms with Crippen LogP contribution >= 0.6 is 0 Å². The zero-order valence-electron chi connectivity index (χ0n) is 17.1. The van der Waals surface area contributed by atoms with Crippen molar-refractivity contribution in [1.29, 1.82) is 0 Å². The maximum Gasteiger partial charge on any atom is 0.214 e. The lowest BCUT2D eigenvalue weighted by atomic mass is 10.1. The highest BCUT2D eigenvalue weighted by molar-refractivity contribution is 7.91. The van der Waals surface area contributed by atoms with Gasteiger partial charge in [-0.1, -0.05) is 61.0 Å². The molecule has 5 heteroatoms. The molecule has 152 valence electrons. The molecule has 0 saturated carbocycles. The molecule has 0 spiro atoms. The van der Waals surface area contributed by atoms with Crippen LogP contribution in [0.4, 0.5) is 5.69 Å². The normalized spacial score (nSPS) is 11.5. The van der Waals surface area contributed by atoms with Gasteiger partial charge in [0.1, 0.15) is 0 Å².